The summed E-state index contributed by atoms with van der Waals surface area (Å²) in [5.74, 6) is 0.584. The summed E-state index contributed by atoms with van der Waals surface area (Å²) in [6.07, 6.45) is 0. The Labute approximate surface area is 199 Å². The summed E-state index contributed by atoms with van der Waals surface area (Å²) in [6.45, 7) is 5.74. The Morgan fingerprint density at radius 1 is 1.15 bits per heavy atom. The highest BCUT2D eigenvalue weighted by Crippen LogP contribution is 2.25. The lowest BCUT2D eigenvalue weighted by atomic mass is 10.0. The van der Waals surface area contributed by atoms with Crippen LogP contribution in [0.2, 0.25) is 5.15 Å². The van der Waals surface area contributed by atoms with Crippen LogP contribution in [0, 0.1) is 6.92 Å². The van der Waals surface area contributed by atoms with Crippen molar-refractivity contribution in [3.63, 3.8) is 0 Å². The number of carbonyl (C=O) groups excluding carboxylic acids is 1. The monoisotopic (exact) mass is 468 g/mol. The first-order chi connectivity index (χ1) is 16.1. The summed E-state index contributed by atoms with van der Waals surface area (Å²) in [5.41, 5.74) is 3.21. The molecule has 0 radical (unpaired) electrons. The molecule has 33 heavy (non-hydrogen) atoms. The summed E-state index contributed by atoms with van der Waals surface area (Å²) in [6, 6.07) is 17.9. The third-order valence-corrected chi connectivity index (χ3v) is 6.29. The zero-order valence-electron chi connectivity index (χ0n) is 19.0. The molecule has 1 atom stereocenters. The van der Waals surface area contributed by atoms with E-state index in [1.807, 2.05) is 61.5 Å². The Bertz CT molecular complexity index is 1060. The van der Waals surface area contributed by atoms with E-state index < -0.39 is 0 Å². The number of hydrogen-bond acceptors (Lipinski definition) is 5. The first kappa shape index (κ1) is 23.3. The van der Waals surface area contributed by atoms with Gasteiger partial charge in [-0.1, -0.05) is 54.1 Å². The highest BCUT2D eigenvalue weighted by Gasteiger charge is 2.26. The summed E-state index contributed by atoms with van der Waals surface area (Å²) in [4.78, 5) is 15.5. The zero-order chi connectivity index (χ0) is 23.2. The molecule has 2 aromatic carbocycles. The van der Waals surface area contributed by atoms with Crippen LogP contribution >= 0.6 is 11.6 Å². The quantitative estimate of drug-likeness (QED) is 0.546. The maximum absolute atomic E-state index is 13.2. The third-order valence-electron chi connectivity index (χ3n) is 5.91. The Hall–Kier alpha value is -2.87. The molecular formula is C25H29ClN4O3. The van der Waals surface area contributed by atoms with Crippen molar-refractivity contribution < 1.29 is 14.3 Å². The number of methoxy groups -OCH3 is 1. The Morgan fingerprint density at radius 2 is 1.85 bits per heavy atom. The second-order valence-electron chi connectivity index (χ2n) is 8.04. The van der Waals surface area contributed by atoms with Crippen molar-refractivity contribution in [2.45, 2.75) is 19.5 Å². The molecule has 7 nitrogen and oxygen atoms in total. The molecule has 1 aromatic heterocycles. The van der Waals surface area contributed by atoms with Crippen LogP contribution in [0.5, 0.6) is 5.75 Å². The maximum Gasteiger partial charge on any atom is 0.256 e. The minimum Gasteiger partial charge on any atom is -0.497 e. The summed E-state index contributed by atoms with van der Waals surface area (Å²) in [7, 11) is 1.65. The van der Waals surface area contributed by atoms with Crippen molar-refractivity contribution in [2.75, 3.05) is 40.0 Å². The molecule has 8 heteroatoms. The molecule has 0 unspecified atom stereocenters. The number of rotatable bonds is 8. The van der Waals surface area contributed by atoms with Crippen molar-refractivity contribution >= 4 is 17.5 Å². The molecule has 0 aliphatic carbocycles. The fourth-order valence-corrected chi connectivity index (χ4v) is 4.44. The Morgan fingerprint density at radius 3 is 2.52 bits per heavy atom. The van der Waals surface area contributed by atoms with E-state index in [0.29, 0.717) is 42.7 Å². The van der Waals surface area contributed by atoms with Crippen LogP contribution in [-0.4, -0.2) is 60.5 Å². The Kier molecular flexibility index (Phi) is 7.65. The smallest absolute Gasteiger partial charge is 0.256 e. The van der Waals surface area contributed by atoms with Crippen molar-refractivity contribution in [1.29, 1.82) is 0 Å². The normalized spacial score (nSPS) is 15.2. The lowest BCUT2D eigenvalue weighted by Gasteiger charge is -2.35. The van der Waals surface area contributed by atoms with Crippen LogP contribution in [0.3, 0.4) is 0 Å². The lowest BCUT2D eigenvalue weighted by molar-refractivity contribution is 0.0162. The van der Waals surface area contributed by atoms with Crippen LogP contribution in [-0.2, 0) is 11.3 Å². The molecule has 174 valence electrons. The fourth-order valence-electron chi connectivity index (χ4n) is 4.12. The van der Waals surface area contributed by atoms with Gasteiger partial charge in [0.25, 0.3) is 5.91 Å². The van der Waals surface area contributed by atoms with Gasteiger partial charge < -0.3 is 14.8 Å². The van der Waals surface area contributed by atoms with Gasteiger partial charge in [0.15, 0.2) is 0 Å². The van der Waals surface area contributed by atoms with Crippen molar-refractivity contribution in [3.8, 4) is 5.75 Å². The molecule has 1 N–H and O–H groups in total. The number of amides is 1. The van der Waals surface area contributed by atoms with Gasteiger partial charge in [-0.15, -0.1) is 0 Å². The number of ether oxygens (including phenoxy) is 2. The highest BCUT2D eigenvalue weighted by atomic mass is 35.5. The van der Waals surface area contributed by atoms with Gasteiger partial charge in [-0.3, -0.25) is 9.69 Å². The van der Waals surface area contributed by atoms with Crippen LogP contribution in [0.4, 0.5) is 0 Å². The van der Waals surface area contributed by atoms with Gasteiger partial charge in [0.1, 0.15) is 10.9 Å². The number of morpholine rings is 1. The van der Waals surface area contributed by atoms with E-state index in [0.717, 1.165) is 30.0 Å². The molecule has 0 spiro atoms. The summed E-state index contributed by atoms with van der Waals surface area (Å²) in [5, 5.41) is 7.94. The Balaban J connectivity index is 1.50. The number of benzene rings is 2. The first-order valence-electron chi connectivity index (χ1n) is 11.1. The number of aromatic nitrogens is 2. The van der Waals surface area contributed by atoms with E-state index in [-0.39, 0.29) is 11.9 Å². The van der Waals surface area contributed by atoms with Gasteiger partial charge in [0, 0.05) is 19.6 Å². The van der Waals surface area contributed by atoms with Crippen LogP contribution in [0.1, 0.15) is 33.2 Å². The van der Waals surface area contributed by atoms with E-state index in [1.54, 1.807) is 11.8 Å². The molecular weight excluding hydrogens is 440 g/mol. The molecule has 0 bridgehead atoms. The molecule has 1 amide bonds. The topological polar surface area (TPSA) is 68.6 Å². The average molecular weight is 469 g/mol. The largest absolute Gasteiger partial charge is 0.497 e. The average Bonchev–Trinajstić information content (AvgIpc) is 3.13. The van der Waals surface area contributed by atoms with Crippen LogP contribution < -0.4 is 10.1 Å². The second kappa shape index (κ2) is 10.8. The number of nitrogens with one attached hydrogen (secondary N) is 1. The zero-order valence-corrected chi connectivity index (χ0v) is 19.7. The second-order valence-corrected chi connectivity index (χ2v) is 8.40. The summed E-state index contributed by atoms with van der Waals surface area (Å²) >= 11 is 6.59. The lowest BCUT2D eigenvalue weighted by Crippen LogP contribution is -2.43. The molecule has 3 aromatic rings. The van der Waals surface area contributed by atoms with E-state index in [1.165, 1.54) is 0 Å². The van der Waals surface area contributed by atoms with E-state index >= 15 is 0 Å². The molecule has 2 heterocycles. The van der Waals surface area contributed by atoms with Gasteiger partial charge in [0.05, 0.1) is 44.2 Å². The number of halogens is 1. The van der Waals surface area contributed by atoms with Crippen molar-refractivity contribution in [3.05, 3.63) is 82.1 Å². The van der Waals surface area contributed by atoms with Crippen molar-refractivity contribution in [1.82, 2.24) is 20.0 Å². The first-order valence-corrected chi connectivity index (χ1v) is 11.5. The third kappa shape index (κ3) is 5.55. The van der Waals surface area contributed by atoms with Gasteiger partial charge >= 0.3 is 0 Å². The number of hydrogen-bond donors (Lipinski definition) is 1. The molecule has 0 saturated carbocycles. The van der Waals surface area contributed by atoms with E-state index in [4.69, 9.17) is 21.1 Å². The fraction of sp³-hybridized carbons (Fsp3) is 0.360. The van der Waals surface area contributed by atoms with Gasteiger partial charge in [-0.25, -0.2) is 4.68 Å². The molecule has 1 saturated heterocycles. The molecule has 1 fully saturated rings. The predicted molar refractivity (Wildman–Crippen MR) is 128 cm³/mol. The highest BCUT2D eigenvalue weighted by molar-refractivity contribution is 6.33. The van der Waals surface area contributed by atoms with Gasteiger partial charge in [0.2, 0.25) is 0 Å². The van der Waals surface area contributed by atoms with E-state index in [2.05, 4.69) is 15.3 Å². The van der Waals surface area contributed by atoms with Crippen LogP contribution in [0.15, 0.2) is 54.6 Å². The summed E-state index contributed by atoms with van der Waals surface area (Å²) < 4.78 is 12.5. The number of carbonyl (C=O) groups is 1. The standard InChI is InChI=1S/C25H29ClN4O3/c1-18-23(24(26)30(28-18)17-19-6-4-3-5-7-19)25(31)27-16-22(29-12-14-33-15-13-29)20-8-10-21(32-2)11-9-20/h3-11,22H,12-17H2,1-2H3,(H,27,31)/t22-/m1/s1. The van der Waals surface area contributed by atoms with Crippen molar-refractivity contribution in [2.24, 2.45) is 0 Å². The SMILES string of the molecule is COc1ccc([C@@H](CNC(=O)c2c(C)nn(Cc3ccccc3)c2Cl)N2CCOCC2)cc1. The minimum atomic E-state index is -0.219. The van der Waals surface area contributed by atoms with E-state index in [9.17, 15) is 4.79 Å². The van der Waals surface area contributed by atoms with Gasteiger partial charge in [-0.05, 0) is 30.2 Å². The predicted octanol–water partition coefficient (Wildman–Crippen LogP) is 3.71. The molecule has 1 aliphatic heterocycles. The number of aryl methyl sites for hydroxylation is 1. The minimum absolute atomic E-state index is 0.0159. The molecule has 1 aliphatic rings. The maximum atomic E-state index is 13.2. The van der Waals surface area contributed by atoms with Gasteiger partial charge in [-0.2, -0.15) is 5.10 Å². The number of nitrogens with zero attached hydrogens (tertiary/aromatic N) is 3. The molecule has 4 rings (SSSR count). The van der Waals surface area contributed by atoms with Crippen LogP contribution in [0.25, 0.3) is 0 Å².